The van der Waals surface area contributed by atoms with Gasteiger partial charge >= 0.3 is 18.7 Å². The summed E-state index contributed by atoms with van der Waals surface area (Å²) in [6.07, 6.45) is -8.48. The topological polar surface area (TPSA) is 74.2 Å². The summed E-state index contributed by atoms with van der Waals surface area (Å²) in [5.74, 6) is 2.15. The second-order valence-electron chi connectivity index (χ2n) is 7.02. The summed E-state index contributed by atoms with van der Waals surface area (Å²) in [7, 11) is 0. The number of rotatable bonds is 10. The number of alkyl halides is 6. The summed E-state index contributed by atoms with van der Waals surface area (Å²) in [6.45, 7) is 1.89. The molecule has 0 bridgehead atoms. The van der Waals surface area contributed by atoms with E-state index in [9.17, 15) is 31.1 Å². The SMILES string of the molecule is CCO[C@@H](Cc1ccc(OC/C=C/C#Cc2cc(OC(F)(F)F)cc(OC(F)(F)F)c2)c(Cl)c1)C(=O)O. The number of aliphatic carboxylic acids is 1. The van der Waals surface area contributed by atoms with Crippen LogP contribution >= 0.6 is 11.6 Å². The van der Waals surface area contributed by atoms with Crippen LogP contribution in [0.3, 0.4) is 0 Å². The number of hydrogen-bond donors (Lipinski definition) is 1. The largest absolute Gasteiger partial charge is 0.573 e. The van der Waals surface area contributed by atoms with Gasteiger partial charge in [0.1, 0.15) is 23.9 Å². The molecule has 0 saturated heterocycles. The van der Waals surface area contributed by atoms with E-state index >= 15 is 0 Å². The first-order chi connectivity index (χ1) is 17.3. The first-order valence-electron chi connectivity index (χ1n) is 10.3. The molecule has 1 atom stereocenters. The van der Waals surface area contributed by atoms with Gasteiger partial charge in [-0.25, -0.2) is 4.79 Å². The van der Waals surface area contributed by atoms with Crippen LogP contribution in [0.4, 0.5) is 26.3 Å². The Balaban J connectivity index is 2.03. The lowest BCUT2D eigenvalue weighted by Gasteiger charge is -2.13. The van der Waals surface area contributed by atoms with Crippen molar-refractivity contribution in [1.29, 1.82) is 0 Å². The highest BCUT2D eigenvalue weighted by molar-refractivity contribution is 6.32. The Morgan fingerprint density at radius 2 is 1.68 bits per heavy atom. The first kappa shape index (κ1) is 29.7. The van der Waals surface area contributed by atoms with Crippen LogP contribution in [0.25, 0.3) is 0 Å². The molecule has 2 aromatic rings. The van der Waals surface area contributed by atoms with Crippen LogP contribution in [0.2, 0.25) is 5.02 Å². The van der Waals surface area contributed by atoms with Crippen LogP contribution in [0, 0.1) is 11.8 Å². The molecule has 2 aromatic carbocycles. The van der Waals surface area contributed by atoms with E-state index in [0.717, 1.165) is 12.1 Å². The van der Waals surface area contributed by atoms with E-state index in [1.54, 1.807) is 13.0 Å². The van der Waals surface area contributed by atoms with Crippen molar-refractivity contribution in [2.45, 2.75) is 32.2 Å². The molecular weight excluding hydrogens is 534 g/mol. The Labute approximate surface area is 212 Å². The monoisotopic (exact) mass is 552 g/mol. The van der Waals surface area contributed by atoms with Gasteiger partial charge in [0.2, 0.25) is 0 Å². The summed E-state index contributed by atoms with van der Waals surface area (Å²) in [5, 5.41) is 9.38. The maximum absolute atomic E-state index is 12.5. The lowest BCUT2D eigenvalue weighted by molar-refractivity contribution is -0.276. The highest BCUT2D eigenvalue weighted by atomic mass is 35.5. The molecule has 37 heavy (non-hydrogen) atoms. The molecule has 0 saturated carbocycles. The van der Waals surface area contributed by atoms with E-state index in [4.69, 9.17) is 26.2 Å². The van der Waals surface area contributed by atoms with E-state index in [2.05, 4.69) is 21.3 Å². The first-order valence-corrected chi connectivity index (χ1v) is 10.7. The summed E-state index contributed by atoms with van der Waals surface area (Å²) in [6, 6.07) is 6.73. The quantitative estimate of drug-likeness (QED) is 0.281. The summed E-state index contributed by atoms with van der Waals surface area (Å²) >= 11 is 6.16. The van der Waals surface area contributed by atoms with Gasteiger partial charge in [0.25, 0.3) is 0 Å². The number of carboxylic acid groups (broad SMARTS) is 1. The molecule has 0 radical (unpaired) electrons. The third-order valence-corrected chi connectivity index (χ3v) is 4.46. The predicted molar refractivity (Wildman–Crippen MR) is 120 cm³/mol. The highest BCUT2D eigenvalue weighted by Crippen LogP contribution is 2.31. The van der Waals surface area contributed by atoms with E-state index in [-0.39, 0.29) is 36.0 Å². The number of carbonyl (C=O) groups is 1. The second-order valence-corrected chi connectivity index (χ2v) is 7.43. The summed E-state index contributed by atoms with van der Waals surface area (Å²) in [4.78, 5) is 11.2. The van der Waals surface area contributed by atoms with Gasteiger partial charge in [-0.15, -0.1) is 26.3 Å². The highest BCUT2D eigenvalue weighted by Gasteiger charge is 2.33. The Kier molecular flexibility index (Phi) is 10.5. The molecule has 0 aliphatic rings. The molecule has 1 N–H and O–H groups in total. The summed E-state index contributed by atoms with van der Waals surface area (Å²) in [5.41, 5.74) is 0.391. The second kappa shape index (κ2) is 13.1. The van der Waals surface area contributed by atoms with Crippen LogP contribution in [0.5, 0.6) is 17.2 Å². The number of benzene rings is 2. The average molecular weight is 553 g/mol. The number of hydrogen-bond acceptors (Lipinski definition) is 5. The van der Waals surface area contributed by atoms with Gasteiger partial charge < -0.3 is 24.1 Å². The van der Waals surface area contributed by atoms with Gasteiger partial charge in [0, 0.05) is 24.7 Å². The van der Waals surface area contributed by atoms with Crippen LogP contribution in [-0.2, 0) is 16.0 Å². The zero-order chi connectivity index (χ0) is 27.6. The molecule has 0 aliphatic carbocycles. The molecule has 6 nitrogen and oxygen atoms in total. The van der Waals surface area contributed by atoms with Crippen molar-refractivity contribution < 1.29 is 55.2 Å². The number of allylic oxidation sites excluding steroid dienone is 1. The molecule has 2 rings (SSSR count). The minimum Gasteiger partial charge on any atom is -0.488 e. The normalized spacial score (nSPS) is 12.5. The number of halogens is 7. The molecule has 0 heterocycles. The average Bonchev–Trinajstić information content (AvgIpc) is 2.74. The Hall–Kier alpha value is -3.56. The fraction of sp³-hybridized carbons (Fsp3) is 0.292. The van der Waals surface area contributed by atoms with Crippen molar-refractivity contribution in [3.63, 3.8) is 0 Å². The molecular formula is C24H19ClF6O6. The van der Waals surface area contributed by atoms with Crippen LogP contribution < -0.4 is 14.2 Å². The molecule has 0 aromatic heterocycles. The van der Waals surface area contributed by atoms with Gasteiger partial charge in [-0.3, -0.25) is 0 Å². The van der Waals surface area contributed by atoms with Gasteiger partial charge in [-0.05, 0) is 48.9 Å². The minimum atomic E-state index is -5.13. The molecule has 13 heteroatoms. The van der Waals surface area contributed by atoms with Crippen molar-refractivity contribution in [3.8, 4) is 29.1 Å². The Morgan fingerprint density at radius 3 is 2.19 bits per heavy atom. The smallest absolute Gasteiger partial charge is 0.488 e. The number of carboxylic acids is 1. The van der Waals surface area contributed by atoms with Gasteiger partial charge in [-0.2, -0.15) is 0 Å². The zero-order valence-corrected chi connectivity index (χ0v) is 19.7. The van der Waals surface area contributed by atoms with Crippen molar-refractivity contribution in [1.82, 2.24) is 0 Å². The van der Waals surface area contributed by atoms with Gasteiger partial charge in [0.15, 0.2) is 6.10 Å². The van der Waals surface area contributed by atoms with Gasteiger partial charge in [0.05, 0.1) is 5.02 Å². The lowest BCUT2D eigenvalue weighted by atomic mass is 10.1. The fourth-order valence-corrected chi connectivity index (χ4v) is 3.08. The Morgan fingerprint density at radius 1 is 1.05 bits per heavy atom. The standard InChI is InChI=1S/C24H19ClF6O6/c1-2-34-21(22(32)33)13-16-7-8-20(19(25)12-16)35-9-5-3-4-6-15-10-17(36-23(26,27)28)14-18(11-15)37-24(29,30)31/h3,5,7-8,10-12,14,21H,2,9,13H2,1H3,(H,32,33)/b5-3+/t21-/m0/s1. The van der Waals surface area contributed by atoms with Crippen molar-refractivity contribution in [2.24, 2.45) is 0 Å². The van der Waals surface area contributed by atoms with Crippen LogP contribution in [0.1, 0.15) is 18.1 Å². The van der Waals surface area contributed by atoms with Crippen molar-refractivity contribution >= 4 is 17.6 Å². The van der Waals surface area contributed by atoms with Crippen LogP contribution in [-0.4, -0.2) is 43.1 Å². The lowest BCUT2D eigenvalue weighted by Crippen LogP contribution is -2.26. The van der Waals surface area contributed by atoms with E-state index in [0.29, 0.717) is 11.6 Å². The maximum atomic E-state index is 12.5. The van der Waals surface area contributed by atoms with Gasteiger partial charge in [-0.1, -0.05) is 29.5 Å². The molecule has 0 aliphatic heterocycles. The fourth-order valence-electron chi connectivity index (χ4n) is 2.82. The zero-order valence-electron chi connectivity index (χ0n) is 19.0. The van der Waals surface area contributed by atoms with Crippen molar-refractivity contribution in [2.75, 3.05) is 13.2 Å². The van der Waals surface area contributed by atoms with E-state index in [1.165, 1.54) is 24.3 Å². The predicted octanol–water partition coefficient (Wildman–Crippen LogP) is 6.16. The third-order valence-electron chi connectivity index (χ3n) is 4.16. The molecule has 0 unspecified atom stereocenters. The molecule has 200 valence electrons. The minimum absolute atomic E-state index is 0.0237. The summed E-state index contributed by atoms with van der Waals surface area (Å²) < 4.78 is 92.7. The van der Waals surface area contributed by atoms with E-state index < -0.39 is 36.3 Å². The van der Waals surface area contributed by atoms with E-state index in [1.807, 2.05) is 0 Å². The molecule has 0 spiro atoms. The van der Waals surface area contributed by atoms with Crippen LogP contribution in [0.15, 0.2) is 48.6 Å². The molecule has 0 fully saturated rings. The molecule has 0 amide bonds. The Bertz CT molecular complexity index is 1130. The third kappa shape index (κ3) is 11.4. The maximum Gasteiger partial charge on any atom is 0.573 e. The number of ether oxygens (including phenoxy) is 4. The van der Waals surface area contributed by atoms with Crippen molar-refractivity contribution in [3.05, 3.63) is 64.7 Å².